The fourth-order valence-corrected chi connectivity index (χ4v) is 1.98. The van der Waals surface area contributed by atoms with E-state index in [1.54, 1.807) is 12.1 Å². The maximum Gasteiger partial charge on any atom is 0.170 e. The zero-order valence-corrected chi connectivity index (χ0v) is 11.8. The Morgan fingerprint density at radius 1 is 1.30 bits per heavy atom. The molecule has 0 saturated carbocycles. The highest BCUT2D eigenvalue weighted by Crippen LogP contribution is 2.24. The zero-order chi connectivity index (χ0) is 14.5. The van der Waals surface area contributed by atoms with E-state index in [0.29, 0.717) is 22.9 Å². The second-order valence-electron chi connectivity index (χ2n) is 4.35. The van der Waals surface area contributed by atoms with Gasteiger partial charge in [0.1, 0.15) is 12.4 Å². The molecule has 3 N–H and O–H groups in total. The Labute approximate surface area is 122 Å². The number of halogens is 1. The first-order chi connectivity index (χ1) is 9.61. The van der Waals surface area contributed by atoms with Gasteiger partial charge >= 0.3 is 0 Å². The van der Waals surface area contributed by atoms with E-state index < -0.39 is 0 Å². The van der Waals surface area contributed by atoms with E-state index in [1.807, 2.05) is 37.3 Å². The molecule has 0 bridgehead atoms. The Morgan fingerprint density at radius 3 is 2.70 bits per heavy atom. The molecule has 0 radical (unpaired) electrons. The Hall–Kier alpha value is -2.20. The molecule has 104 valence electrons. The molecule has 0 unspecified atom stereocenters. The van der Waals surface area contributed by atoms with Crippen LogP contribution in [0.4, 0.5) is 0 Å². The van der Waals surface area contributed by atoms with Crippen LogP contribution in [0.5, 0.6) is 5.75 Å². The highest BCUT2D eigenvalue weighted by molar-refractivity contribution is 6.32. The normalized spacial score (nSPS) is 11.4. The maximum absolute atomic E-state index is 8.65. The topological polar surface area (TPSA) is 67.8 Å². The summed E-state index contributed by atoms with van der Waals surface area (Å²) in [5.41, 5.74) is 8.24. The van der Waals surface area contributed by atoms with Crippen LogP contribution < -0.4 is 10.5 Å². The fourth-order valence-electron chi connectivity index (χ4n) is 1.79. The number of nitrogens with two attached hydrogens (primary N) is 1. The van der Waals surface area contributed by atoms with Crippen molar-refractivity contribution in [1.82, 2.24) is 0 Å². The fraction of sp³-hybridized carbons (Fsp3) is 0.133. The quantitative estimate of drug-likeness (QED) is 0.393. The Bertz CT molecular complexity index is 642. The minimum Gasteiger partial charge on any atom is -0.487 e. The van der Waals surface area contributed by atoms with Gasteiger partial charge in [0.05, 0.1) is 5.02 Å². The molecule has 0 aliphatic heterocycles. The van der Waals surface area contributed by atoms with E-state index in [9.17, 15) is 0 Å². The molecule has 2 rings (SSSR count). The minimum absolute atomic E-state index is 0.0895. The number of hydrogen-bond donors (Lipinski definition) is 2. The number of nitrogens with zero attached hydrogens (tertiary/aromatic N) is 1. The summed E-state index contributed by atoms with van der Waals surface area (Å²) in [5, 5.41) is 12.2. The van der Waals surface area contributed by atoms with Crippen LogP contribution >= 0.6 is 11.6 Å². The summed E-state index contributed by atoms with van der Waals surface area (Å²) >= 11 is 6.03. The van der Waals surface area contributed by atoms with Gasteiger partial charge in [-0.15, -0.1) is 0 Å². The number of benzene rings is 2. The summed E-state index contributed by atoms with van der Waals surface area (Å²) in [6.45, 7) is 2.35. The Morgan fingerprint density at radius 2 is 2.05 bits per heavy atom. The summed E-state index contributed by atoms with van der Waals surface area (Å²) in [6, 6.07) is 12.8. The van der Waals surface area contributed by atoms with E-state index in [-0.39, 0.29) is 5.84 Å². The molecule has 2 aromatic carbocycles. The first-order valence-corrected chi connectivity index (χ1v) is 6.44. The molecule has 0 atom stereocenters. The SMILES string of the molecule is Cc1cc(/C(N)=N/O)ccc1COc1ccccc1Cl. The largest absolute Gasteiger partial charge is 0.487 e. The van der Waals surface area contributed by atoms with Gasteiger partial charge in [-0.2, -0.15) is 0 Å². The van der Waals surface area contributed by atoms with Crippen molar-refractivity contribution >= 4 is 17.4 Å². The van der Waals surface area contributed by atoms with Gasteiger partial charge in [0.25, 0.3) is 0 Å². The first kappa shape index (κ1) is 14.2. The molecular weight excluding hydrogens is 276 g/mol. The predicted molar refractivity (Wildman–Crippen MR) is 79.5 cm³/mol. The molecule has 0 fully saturated rings. The summed E-state index contributed by atoms with van der Waals surface area (Å²) in [6.07, 6.45) is 0. The zero-order valence-electron chi connectivity index (χ0n) is 11.0. The standard InChI is InChI=1S/C15H15ClN2O2/c1-10-8-11(15(17)18-19)6-7-12(10)9-20-14-5-3-2-4-13(14)16/h2-8,19H,9H2,1H3,(H2,17,18). The van der Waals surface area contributed by atoms with Gasteiger partial charge in [-0.25, -0.2) is 0 Å². The van der Waals surface area contributed by atoms with Crippen molar-refractivity contribution in [2.75, 3.05) is 0 Å². The molecule has 4 nitrogen and oxygen atoms in total. The number of oxime groups is 1. The third kappa shape index (κ3) is 3.22. The number of aryl methyl sites for hydroxylation is 1. The van der Waals surface area contributed by atoms with Gasteiger partial charge in [-0.1, -0.05) is 41.0 Å². The van der Waals surface area contributed by atoms with Crippen molar-refractivity contribution in [1.29, 1.82) is 0 Å². The van der Waals surface area contributed by atoms with Crippen LogP contribution in [0, 0.1) is 6.92 Å². The summed E-state index contributed by atoms with van der Waals surface area (Å²) in [7, 11) is 0. The lowest BCUT2D eigenvalue weighted by Gasteiger charge is -2.11. The average molecular weight is 291 g/mol. The molecule has 0 heterocycles. The van der Waals surface area contributed by atoms with Crippen LogP contribution in [0.3, 0.4) is 0 Å². The smallest absolute Gasteiger partial charge is 0.170 e. The second kappa shape index (κ2) is 6.30. The van der Waals surface area contributed by atoms with Gasteiger partial charge in [0, 0.05) is 5.56 Å². The maximum atomic E-state index is 8.65. The van der Waals surface area contributed by atoms with Crippen LogP contribution in [0.2, 0.25) is 5.02 Å². The van der Waals surface area contributed by atoms with E-state index in [0.717, 1.165) is 11.1 Å². The number of amidine groups is 1. The van der Waals surface area contributed by atoms with E-state index in [2.05, 4.69) is 5.16 Å². The van der Waals surface area contributed by atoms with Crippen molar-refractivity contribution in [3.63, 3.8) is 0 Å². The van der Waals surface area contributed by atoms with Crippen molar-refractivity contribution in [3.8, 4) is 5.75 Å². The van der Waals surface area contributed by atoms with Gasteiger partial charge in [0.2, 0.25) is 0 Å². The summed E-state index contributed by atoms with van der Waals surface area (Å²) < 4.78 is 5.69. The van der Waals surface area contributed by atoms with E-state index in [4.69, 9.17) is 27.3 Å². The Balaban J connectivity index is 2.13. The number of rotatable bonds is 4. The van der Waals surface area contributed by atoms with Crippen LogP contribution in [0.25, 0.3) is 0 Å². The van der Waals surface area contributed by atoms with Crippen molar-refractivity contribution in [2.45, 2.75) is 13.5 Å². The average Bonchev–Trinajstić information content (AvgIpc) is 2.46. The lowest BCUT2D eigenvalue weighted by Crippen LogP contribution is -2.13. The molecule has 0 amide bonds. The summed E-state index contributed by atoms with van der Waals surface area (Å²) in [4.78, 5) is 0. The molecule has 0 spiro atoms. The lowest BCUT2D eigenvalue weighted by atomic mass is 10.1. The van der Waals surface area contributed by atoms with Gasteiger partial charge in [0.15, 0.2) is 5.84 Å². The molecular formula is C15H15ClN2O2. The van der Waals surface area contributed by atoms with Gasteiger partial charge in [-0.05, 0) is 36.2 Å². The minimum atomic E-state index is 0.0895. The van der Waals surface area contributed by atoms with Crippen molar-refractivity contribution < 1.29 is 9.94 Å². The number of para-hydroxylation sites is 1. The van der Waals surface area contributed by atoms with Crippen molar-refractivity contribution in [3.05, 3.63) is 64.2 Å². The molecule has 0 aromatic heterocycles. The van der Waals surface area contributed by atoms with Crippen LogP contribution in [0.15, 0.2) is 47.6 Å². The third-order valence-corrected chi connectivity index (χ3v) is 3.28. The van der Waals surface area contributed by atoms with Crippen LogP contribution in [-0.4, -0.2) is 11.0 Å². The van der Waals surface area contributed by atoms with Crippen molar-refractivity contribution in [2.24, 2.45) is 10.9 Å². The molecule has 5 heteroatoms. The highest BCUT2D eigenvalue weighted by Gasteiger charge is 2.05. The van der Waals surface area contributed by atoms with E-state index in [1.165, 1.54) is 0 Å². The monoisotopic (exact) mass is 290 g/mol. The number of hydrogen-bond acceptors (Lipinski definition) is 3. The summed E-state index contributed by atoms with van der Waals surface area (Å²) in [5.74, 6) is 0.737. The predicted octanol–water partition coefficient (Wildman–Crippen LogP) is 3.32. The molecule has 0 saturated heterocycles. The molecule has 0 aliphatic rings. The van der Waals surface area contributed by atoms with Gasteiger partial charge in [-0.3, -0.25) is 0 Å². The third-order valence-electron chi connectivity index (χ3n) is 2.97. The number of ether oxygens (including phenoxy) is 1. The molecule has 0 aliphatic carbocycles. The van der Waals surface area contributed by atoms with Gasteiger partial charge < -0.3 is 15.7 Å². The molecule has 20 heavy (non-hydrogen) atoms. The Kier molecular flexibility index (Phi) is 4.48. The highest BCUT2D eigenvalue weighted by atomic mass is 35.5. The van der Waals surface area contributed by atoms with Crippen LogP contribution in [0.1, 0.15) is 16.7 Å². The second-order valence-corrected chi connectivity index (χ2v) is 4.75. The molecule has 2 aromatic rings. The van der Waals surface area contributed by atoms with Crippen LogP contribution in [-0.2, 0) is 6.61 Å². The first-order valence-electron chi connectivity index (χ1n) is 6.06. The lowest BCUT2D eigenvalue weighted by molar-refractivity contribution is 0.305. The van der Waals surface area contributed by atoms with E-state index >= 15 is 0 Å².